The molecule has 0 atom stereocenters. The van der Waals surface area contributed by atoms with E-state index in [1.54, 1.807) is 13.0 Å². The molecule has 0 saturated carbocycles. The molecule has 7 nitrogen and oxygen atoms in total. The molecule has 0 heterocycles. The number of carbonyl (C=O) groups excluding carboxylic acids is 1. The number of hydrogen-bond acceptors (Lipinski definition) is 4. The molecular weight excluding hydrogens is 252 g/mol. The first-order chi connectivity index (χ1) is 8.81. The number of carboxylic acid groups (broad SMARTS) is 2. The number of primary amides is 1. The lowest BCUT2D eigenvalue weighted by Gasteiger charge is -2.23. The van der Waals surface area contributed by atoms with Crippen LogP contribution in [0.25, 0.3) is 0 Å². The normalized spacial score (nSPS) is 9.95. The molecule has 0 aliphatic carbocycles. The minimum Gasteiger partial charge on any atom is -0.480 e. The van der Waals surface area contributed by atoms with Gasteiger partial charge in [0.05, 0.1) is 11.3 Å². The molecule has 1 aromatic carbocycles. The van der Waals surface area contributed by atoms with Crippen molar-refractivity contribution < 1.29 is 24.6 Å². The second-order valence-corrected chi connectivity index (χ2v) is 4.03. The lowest BCUT2D eigenvalue weighted by Crippen LogP contribution is -2.36. The molecule has 7 heteroatoms. The van der Waals surface area contributed by atoms with Crippen LogP contribution >= 0.6 is 0 Å². The van der Waals surface area contributed by atoms with Crippen molar-refractivity contribution in [3.05, 3.63) is 29.3 Å². The van der Waals surface area contributed by atoms with E-state index < -0.39 is 30.9 Å². The highest BCUT2D eigenvalue weighted by Crippen LogP contribution is 2.22. The Morgan fingerprint density at radius 3 is 2.11 bits per heavy atom. The van der Waals surface area contributed by atoms with Crippen molar-refractivity contribution in [2.75, 3.05) is 18.0 Å². The van der Waals surface area contributed by atoms with E-state index in [9.17, 15) is 14.4 Å². The zero-order valence-electron chi connectivity index (χ0n) is 10.3. The Hall–Kier alpha value is -2.57. The first kappa shape index (κ1) is 14.5. The van der Waals surface area contributed by atoms with Gasteiger partial charge >= 0.3 is 11.9 Å². The lowest BCUT2D eigenvalue weighted by atomic mass is 10.1. The van der Waals surface area contributed by atoms with Crippen LogP contribution in [0.2, 0.25) is 0 Å². The lowest BCUT2D eigenvalue weighted by molar-refractivity contribution is -0.136. The number of anilines is 1. The summed E-state index contributed by atoms with van der Waals surface area (Å²) in [5.74, 6) is -3.13. The predicted octanol–water partition coefficient (Wildman–Crippen LogP) is 0.0695. The van der Waals surface area contributed by atoms with Crippen molar-refractivity contribution in [2.45, 2.75) is 6.92 Å². The van der Waals surface area contributed by atoms with Crippen LogP contribution in [0.15, 0.2) is 18.2 Å². The van der Waals surface area contributed by atoms with Gasteiger partial charge < -0.3 is 20.8 Å². The van der Waals surface area contributed by atoms with Crippen LogP contribution < -0.4 is 10.6 Å². The number of aryl methyl sites for hydroxylation is 1. The number of nitrogens with zero attached hydrogens (tertiary/aromatic N) is 1. The molecule has 1 amide bonds. The van der Waals surface area contributed by atoms with Crippen molar-refractivity contribution in [1.82, 2.24) is 0 Å². The zero-order valence-corrected chi connectivity index (χ0v) is 10.3. The van der Waals surface area contributed by atoms with Crippen molar-refractivity contribution in [3.8, 4) is 0 Å². The fourth-order valence-corrected chi connectivity index (χ4v) is 1.66. The van der Waals surface area contributed by atoms with Crippen LogP contribution in [0, 0.1) is 6.92 Å². The minimum atomic E-state index is -1.20. The van der Waals surface area contributed by atoms with Gasteiger partial charge in [0.15, 0.2) is 0 Å². The Labute approximate surface area is 109 Å². The van der Waals surface area contributed by atoms with Crippen LogP contribution in [0.5, 0.6) is 0 Å². The number of carboxylic acids is 2. The second-order valence-electron chi connectivity index (χ2n) is 4.03. The summed E-state index contributed by atoms with van der Waals surface area (Å²) >= 11 is 0. The van der Waals surface area contributed by atoms with E-state index in [-0.39, 0.29) is 11.3 Å². The smallest absolute Gasteiger partial charge is 0.323 e. The third-order valence-electron chi connectivity index (χ3n) is 2.41. The Balaban J connectivity index is 3.26. The summed E-state index contributed by atoms with van der Waals surface area (Å²) in [6.07, 6.45) is 0. The zero-order chi connectivity index (χ0) is 14.6. The molecular formula is C12H14N2O5. The third-order valence-corrected chi connectivity index (χ3v) is 2.41. The summed E-state index contributed by atoms with van der Waals surface area (Å²) in [5.41, 5.74) is 6.26. The molecule has 0 unspecified atom stereocenters. The highest BCUT2D eigenvalue weighted by Gasteiger charge is 2.19. The average molecular weight is 266 g/mol. The Morgan fingerprint density at radius 1 is 1.16 bits per heavy atom. The predicted molar refractivity (Wildman–Crippen MR) is 67.2 cm³/mol. The molecule has 0 fully saturated rings. The molecule has 0 saturated heterocycles. The van der Waals surface area contributed by atoms with Crippen molar-refractivity contribution in [1.29, 1.82) is 0 Å². The number of nitrogens with two attached hydrogens (primary N) is 1. The number of benzene rings is 1. The highest BCUT2D eigenvalue weighted by molar-refractivity contribution is 5.99. The summed E-state index contributed by atoms with van der Waals surface area (Å²) in [4.78, 5) is 34.0. The van der Waals surface area contributed by atoms with E-state index in [1.165, 1.54) is 12.1 Å². The van der Waals surface area contributed by atoms with Gasteiger partial charge in [-0.05, 0) is 24.6 Å². The first-order valence-electron chi connectivity index (χ1n) is 5.40. The maximum absolute atomic E-state index is 11.3. The van der Waals surface area contributed by atoms with Crippen molar-refractivity contribution in [3.63, 3.8) is 0 Å². The third kappa shape index (κ3) is 3.98. The van der Waals surface area contributed by atoms with E-state index in [2.05, 4.69) is 0 Å². The molecule has 4 N–H and O–H groups in total. The number of carbonyl (C=O) groups is 3. The molecule has 19 heavy (non-hydrogen) atoms. The molecule has 1 rings (SSSR count). The number of hydrogen-bond donors (Lipinski definition) is 3. The molecule has 102 valence electrons. The van der Waals surface area contributed by atoms with Crippen LogP contribution in [-0.2, 0) is 9.59 Å². The topological polar surface area (TPSA) is 121 Å². The highest BCUT2D eigenvalue weighted by atomic mass is 16.4. The largest absolute Gasteiger partial charge is 0.480 e. The number of amides is 1. The first-order valence-corrected chi connectivity index (χ1v) is 5.40. The van der Waals surface area contributed by atoms with Gasteiger partial charge in [0, 0.05) is 0 Å². The van der Waals surface area contributed by atoms with E-state index >= 15 is 0 Å². The quantitative estimate of drug-likeness (QED) is 0.670. The molecule has 0 bridgehead atoms. The number of rotatable bonds is 6. The standard InChI is InChI=1S/C12H14N2O5/c1-7-2-3-8(12(13)19)9(4-7)14(5-10(15)16)6-11(17)18/h2-4H,5-6H2,1H3,(H2,13,19)(H,15,16)(H,17,18). The summed E-state index contributed by atoms with van der Waals surface area (Å²) in [6.45, 7) is 0.681. The monoisotopic (exact) mass is 266 g/mol. The fourth-order valence-electron chi connectivity index (χ4n) is 1.66. The summed E-state index contributed by atoms with van der Waals surface area (Å²) in [6, 6.07) is 4.62. The van der Waals surface area contributed by atoms with Gasteiger partial charge in [0.25, 0.3) is 5.91 Å². The van der Waals surface area contributed by atoms with Gasteiger partial charge in [-0.25, -0.2) is 0 Å². The minimum absolute atomic E-state index is 0.0908. The van der Waals surface area contributed by atoms with Crippen molar-refractivity contribution >= 4 is 23.5 Å². The van der Waals surface area contributed by atoms with Gasteiger partial charge in [0.2, 0.25) is 0 Å². The second kappa shape index (κ2) is 5.85. The summed E-state index contributed by atoms with van der Waals surface area (Å²) in [7, 11) is 0. The van der Waals surface area contributed by atoms with E-state index in [4.69, 9.17) is 15.9 Å². The van der Waals surface area contributed by atoms with E-state index in [0.717, 1.165) is 10.5 Å². The maximum atomic E-state index is 11.3. The Kier molecular flexibility index (Phi) is 4.46. The van der Waals surface area contributed by atoms with E-state index in [1.807, 2.05) is 0 Å². The molecule has 0 radical (unpaired) electrons. The fraction of sp³-hybridized carbons (Fsp3) is 0.250. The maximum Gasteiger partial charge on any atom is 0.323 e. The molecule has 0 aromatic heterocycles. The van der Waals surface area contributed by atoms with Crippen LogP contribution in [-0.4, -0.2) is 41.1 Å². The molecule has 0 aliphatic rings. The summed E-state index contributed by atoms with van der Waals surface area (Å²) < 4.78 is 0. The van der Waals surface area contributed by atoms with Gasteiger partial charge in [-0.1, -0.05) is 6.07 Å². The molecule has 1 aromatic rings. The van der Waals surface area contributed by atoms with Crippen LogP contribution in [0.4, 0.5) is 5.69 Å². The molecule has 0 aliphatic heterocycles. The van der Waals surface area contributed by atoms with Gasteiger partial charge in [-0.2, -0.15) is 0 Å². The Morgan fingerprint density at radius 2 is 1.68 bits per heavy atom. The van der Waals surface area contributed by atoms with Crippen LogP contribution in [0.3, 0.4) is 0 Å². The SMILES string of the molecule is Cc1ccc(C(N)=O)c(N(CC(=O)O)CC(=O)O)c1. The average Bonchev–Trinajstić information content (AvgIpc) is 2.26. The van der Waals surface area contributed by atoms with Gasteiger partial charge in [-0.3, -0.25) is 14.4 Å². The summed E-state index contributed by atoms with van der Waals surface area (Å²) in [5, 5.41) is 17.6. The molecule has 0 spiro atoms. The van der Waals surface area contributed by atoms with E-state index in [0.29, 0.717) is 0 Å². The van der Waals surface area contributed by atoms with Crippen LogP contribution in [0.1, 0.15) is 15.9 Å². The number of aliphatic carboxylic acids is 2. The van der Waals surface area contributed by atoms with Gasteiger partial charge in [-0.15, -0.1) is 0 Å². The Bertz CT molecular complexity index is 511. The van der Waals surface area contributed by atoms with Crippen molar-refractivity contribution in [2.24, 2.45) is 5.73 Å². The van der Waals surface area contributed by atoms with Gasteiger partial charge in [0.1, 0.15) is 13.1 Å².